The van der Waals surface area contributed by atoms with Crippen molar-refractivity contribution in [2.45, 2.75) is 25.2 Å². The lowest BCUT2D eigenvalue weighted by Crippen LogP contribution is -2.54. The maximum Gasteiger partial charge on any atom is 0.416 e. The van der Waals surface area contributed by atoms with Crippen molar-refractivity contribution in [2.75, 3.05) is 45.1 Å². The Labute approximate surface area is 274 Å². The Hall–Kier alpha value is -3.36. The molecular formula is C31H31Cl2F3N4O5S. The molecule has 0 aliphatic carbocycles. The van der Waals surface area contributed by atoms with Crippen molar-refractivity contribution in [3.8, 4) is 5.75 Å². The molecule has 0 aromatic heterocycles. The molecule has 15 heteroatoms. The molecule has 0 saturated carbocycles. The van der Waals surface area contributed by atoms with Gasteiger partial charge in [0.1, 0.15) is 17.6 Å². The molecule has 246 valence electrons. The first kappa shape index (κ1) is 34.0. The number of halogens is 5. The molecular weight excluding hydrogens is 668 g/mol. The molecule has 2 heterocycles. The minimum Gasteiger partial charge on any atom is -0.493 e. The molecule has 0 radical (unpaired) electrons. The zero-order chi connectivity index (χ0) is 33.2. The standard InChI is InChI=1S/C31H31Cl2F3N4O5S/c1-2-45-26-19-22(31(34,35)36)7-12-25(26)29-37-27(20-3-8-23(32)9-4-20)28(21-5-10-24(33)11-6-21)40(29)30(41)39-15-13-38(14-16-39)17-18-46(42,43)44/h3-12,19,27-28H,2,13-18H2,1H3,(H,42,43,44). The van der Waals surface area contributed by atoms with Crippen LogP contribution in [0.2, 0.25) is 10.0 Å². The molecule has 0 bridgehead atoms. The quantitative estimate of drug-likeness (QED) is 0.267. The number of carbonyl (C=O) groups is 1. The van der Waals surface area contributed by atoms with Crippen molar-refractivity contribution in [3.05, 3.63) is 99.0 Å². The molecule has 0 spiro atoms. The van der Waals surface area contributed by atoms with Crippen LogP contribution in [0, 0.1) is 0 Å². The van der Waals surface area contributed by atoms with Crippen LogP contribution in [-0.2, 0) is 16.3 Å². The summed E-state index contributed by atoms with van der Waals surface area (Å²) in [5.41, 5.74) is 0.719. The normalized spacial score (nSPS) is 19.3. The van der Waals surface area contributed by atoms with E-state index in [0.29, 0.717) is 28.7 Å². The molecule has 3 aromatic rings. The van der Waals surface area contributed by atoms with E-state index >= 15 is 0 Å². The number of nitrogens with zero attached hydrogens (tertiary/aromatic N) is 4. The number of hydrogen-bond donors (Lipinski definition) is 1. The number of ether oxygens (including phenoxy) is 1. The Morgan fingerprint density at radius 1 is 0.957 bits per heavy atom. The van der Waals surface area contributed by atoms with Crippen molar-refractivity contribution in [3.63, 3.8) is 0 Å². The predicted molar refractivity (Wildman–Crippen MR) is 169 cm³/mol. The van der Waals surface area contributed by atoms with Crippen LogP contribution in [-0.4, -0.2) is 84.6 Å². The van der Waals surface area contributed by atoms with Gasteiger partial charge in [-0.3, -0.25) is 19.3 Å². The summed E-state index contributed by atoms with van der Waals surface area (Å²) < 4.78 is 78.5. The van der Waals surface area contributed by atoms with E-state index in [9.17, 15) is 26.4 Å². The zero-order valence-electron chi connectivity index (χ0n) is 24.6. The van der Waals surface area contributed by atoms with Gasteiger partial charge in [-0.05, 0) is 60.5 Å². The Morgan fingerprint density at radius 3 is 2.09 bits per heavy atom. The maximum atomic E-state index is 14.5. The van der Waals surface area contributed by atoms with E-state index in [4.69, 9.17) is 37.5 Å². The number of aliphatic imine (C=N–C) groups is 1. The fourth-order valence-electron chi connectivity index (χ4n) is 5.57. The SMILES string of the molecule is CCOc1cc(C(F)(F)F)ccc1C1=NC(c2ccc(Cl)cc2)C(c2ccc(Cl)cc2)N1C(=O)N1CCN(CCS(=O)(=O)O)CC1. The lowest BCUT2D eigenvalue weighted by atomic mass is 9.93. The summed E-state index contributed by atoms with van der Waals surface area (Å²) in [5, 5.41) is 0.973. The van der Waals surface area contributed by atoms with Gasteiger partial charge in [0, 0.05) is 42.8 Å². The average Bonchev–Trinajstić information content (AvgIpc) is 3.40. The number of amidine groups is 1. The number of rotatable bonds is 8. The molecule has 9 nitrogen and oxygen atoms in total. The van der Waals surface area contributed by atoms with Gasteiger partial charge < -0.3 is 9.64 Å². The Kier molecular flexibility index (Phi) is 10.2. The lowest BCUT2D eigenvalue weighted by Gasteiger charge is -2.39. The molecule has 3 aromatic carbocycles. The van der Waals surface area contributed by atoms with Crippen LogP contribution in [0.4, 0.5) is 18.0 Å². The van der Waals surface area contributed by atoms with Gasteiger partial charge in [-0.2, -0.15) is 21.6 Å². The fourth-order valence-corrected chi connectivity index (χ4v) is 6.31. The van der Waals surface area contributed by atoms with Crippen molar-refractivity contribution in [1.29, 1.82) is 0 Å². The van der Waals surface area contributed by atoms with Crippen molar-refractivity contribution >= 4 is 45.2 Å². The lowest BCUT2D eigenvalue weighted by molar-refractivity contribution is -0.137. The number of hydrogen-bond acceptors (Lipinski definition) is 6. The molecule has 1 N–H and O–H groups in total. The highest BCUT2D eigenvalue weighted by Gasteiger charge is 2.45. The number of amides is 2. The molecule has 2 atom stereocenters. The van der Waals surface area contributed by atoms with E-state index in [1.807, 2.05) is 4.90 Å². The van der Waals surface area contributed by atoms with Gasteiger partial charge in [0.05, 0.1) is 29.5 Å². The van der Waals surface area contributed by atoms with Gasteiger partial charge in [0.25, 0.3) is 10.1 Å². The Bertz CT molecular complexity index is 1700. The van der Waals surface area contributed by atoms with Gasteiger partial charge >= 0.3 is 12.2 Å². The van der Waals surface area contributed by atoms with E-state index in [-0.39, 0.29) is 43.4 Å². The molecule has 5 rings (SSSR count). The second-order valence-electron chi connectivity index (χ2n) is 10.9. The molecule has 2 aliphatic heterocycles. The van der Waals surface area contributed by atoms with Crippen molar-refractivity contribution < 1.29 is 35.7 Å². The number of urea groups is 1. The van der Waals surface area contributed by atoms with E-state index in [1.165, 1.54) is 11.0 Å². The summed E-state index contributed by atoms with van der Waals surface area (Å²) >= 11 is 12.4. The van der Waals surface area contributed by atoms with Gasteiger partial charge in [-0.15, -0.1) is 0 Å². The van der Waals surface area contributed by atoms with Crippen LogP contribution in [0.25, 0.3) is 0 Å². The largest absolute Gasteiger partial charge is 0.493 e. The number of benzene rings is 3. The Balaban J connectivity index is 1.60. The molecule has 2 unspecified atom stereocenters. The van der Waals surface area contributed by atoms with Crippen LogP contribution in [0.1, 0.15) is 41.3 Å². The summed E-state index contributed by atoms with van der Waals surface area (Å²) in [6, 6.07) is 15.2. The first-order valence-electron chi connectivity index (χ1n) is 14.4. The summed E-state index contributed by atoms with van der Waals surface area (Å²) in [4.78, 5) is 24.4. The minimum atomic E-state index is -4.62. The molecule has 1 fully saturated rings. The van der Waals surface area contributed by atoms with Crippen LogP contribution < -0.4 is 4.74 Å². The van der Waals surface area contributed by atoms with Gasteiger partial charge in [0.15, 0.2) is 0 Å². The van der Waals surface area contributed by atoms with Crippen molar-refractivity contribution in [1.82, 2.24) is 14.7 Å². The van der Waals surface area contributed by atoms with Crippen LogP contribution in [0.15, 0.2) is 71.7 Å². The second kappa shape index (κ2) is 13.8. The summed E-state index contributed by atoms with van der Waals surface area (Å²) in [6.07, 6.45) is -4.62. The smallest absolute Gasteiger partial charge is 0.416 e. The number of alkyl halides is 3. The van der Waals surface area contributed by atoms with E-state index in [2.05, 4.69) is 0 Å². The van der Waals surface area contributed by atoms with Crippen LogP contribution in [0.3, 0.4) is 0 Å². The van der Waals surface area contributed by atoms with E-state index in [0.717, 1.165) is 17.7 Å². The topological polar surface area (TPSA) is 103 Å². The minimum absolute atomic E-state index is 0.0717. The first-order valence-corrected chi connectivity index (χ1v) is 16.8. The predicted octanol–water partition coefficient (Wildman–Crippen LogP) is 6.58. The van der Waals surface area contributed by atoms with E-state index < -0.39 is 45.7 Å². The average molecular weight is 700 g/mol. The summed E-state index contributed by atoms with van der Waals surface area (Å²) in [7, 11) is -4.15. The van der Waals surface area contributed by atoms with Gasteiger partial charge in [-0.25, -0.2) is 4.79 Å². The van der Waals surface area contributed by atoms with Gasteiger partial charge in [-0.1, -0.05) is 47.5 Å². The highest BCUT2D eigenvalue weighted by Crippen LogP contribution is 2.46. The summed E-state index contributed by atoms with van der Waals surface area (Å²) in [6.45, 7) is 2.99. The maximum absolute atomic E-state index is 14.5. The molecule has 46 heavy (non-hydrogen) atoms. The van der Waals surface area contributed by atoms with Crippen LogP contribution in [0.5, 0.6) is 5.75 Å². The highest BCUT2D eigenvalue weighted by molar-refractivity contribution is 7.85. The first-order chi connectivity index (χ1) is 21.7. The third-order valence-corrected chi connectivity index (χ3v) is 9.06. The van der Waals surface area contributed by atoms with E-state index in [1.54, 1.807) is 60.4 Å². The van der Waals surface area contributed by atoms with Crippen LogP contribution >= 0.6 is 23.2 Å². The third kappa shape index (κ3) is 7.77. The summed E-state index contributed by atoms with van der Waals surface area (Å²) in [5.74, 6) is -0.370. The highest BCUT2D eigenvalue weighted by atomic mass is 35.5. The zero-order valence-corrected chi connectivity index (χ0v) is 27.0. The Morgan fingerprint density at radius 2 is 1.54 bits per heavy atom. The third-order valence-electron chi connectivity index (χ3n) is 7.85. The van der Waals surface area contributed by atoms with Gasteiger partial charge in [0.2, 0.25) is 0 Å². The number of carbonyl (C=O) groups excluding carboxylic acids is 1. The van der Waals surface area contributed by atoms with Crippen molar-refractivity contribution in [2.24, 2.45) is 4.99 Å². The molecule has 2 aliphatic rings. The fraction of sp³-hybridized carbons (Fsp3) is 0.355. The number of piperazine rings is 1. The second-order valence-corrected chi connectivity index (χ2v) is 13.3. The molecule has 1 saturated heterocycles. The molecule has 2 amide bonds. The monoisotopic (exact) mass is 698 g/mol.